The van der Waals surface area contributed by atoms with Gasteiger partial charge in [-0.25, -0.2) is 8.78 Å². The van der Waals surface area contributed by atoms with Crippen LogP contribution in [0.3, 0.4) is 0 Å². The van der Waals surface area contributed by atoms with Gasteiger partial charge in [-0.3, -0.25) is 0 Å². The van der Waals surface area contributed by atoms with Gasteiger partial charge in [0.15, 0.2) is 0 Å². The molecule has 1 aliphatic carbocycles. The molecule has 1 aromatic rings. The van der Waals surface area contributed by atoms with E-state index in [1.807, 2.05) is 13.8 Å². The van der Waals surface area contributed by atoms with Crippen LogP contribution in [0, 0.1) is 11.6 Å². The van der Waals surface area contributed by atoms with Crippen molar-refractivity contribution in [2.45, 2.75) is 44.6 Å². The Balaban J connectivity index is 2.13. The van der Waals surface area contributed by atoms with Gasteiger partial charge in [0.1, 0.15) is 11.6 Å². The monoisotopic (exact) mass is 317 g/mol. The average molecular weight is 318 g/mol. The van der Waals surface area contributed by atoms with Crippen molar-refractivity contribution in [3.05, 3.63) is 33.8 Å². The van der Waals surface area contributed by atoms with E-state index in [1.54, 1.807) is 0 Å². The zero-order chi connectivity index (χ0) is 13.3. The fourth-order valence-corrected chi connectivity index (χ4v) is 2.48. The lowest BCUT2D eigenvalue weighted by atomic mass is 9.81. The lowest BCUT2D eigenvalue weighted by molar-refractivity contribution is 0.407. The lowest BCUT2D eigenvalue weighted by Gasteiger charge is -2.26. The highest BCUT2D eigenvalue weighted by Crippen LogP contribution is 2.34. The topological polar surface area (TPSA) is 12.0 Å². The summed E-state index contributed by atoms with van der Waals surface area (Å²) < 4.78 is 28.2. The largest absolute Gasteiger partial charge is 0.314 e. The minimum Gasteiger partial charge on any atom is -0.314 e. The van der Waals surface area contributed by atoms with Crippen LogP contribution in [0.4, 0.5) is 8.78 Å². The SMILES string of the molecule is CC(C)(CCNC1CC1)c1c(F)ccc(Br)c1F. The summed E-state index contributed by atoms with van der Waals surface area (Å²) in [6.07, 6.45) is 3.16. The van der Waals surface area contributed by atoms with Crippen LogP contribution < -0.4 is 5.32 Å². The van der Waals surface area contributed by atoms with Gasteiger partial charge in [0, 0.05) is 11.6 Å². The van der Waals surface area contributed by atoms with Gasteiger partial charge in [-0.2, -0.15) is 0 Å². The second-order valence-corrected chi connectivity index (χ2v) is 6.43. The third-order valence-electron chi connectivity index (χ3n) is 3.48. The molecule has 4 heteroatoms. The lowest BCUT2D eigenvalue weighted by Crippen LogP contribution is -2.28. The van der Waals surface area contributed by atoms with Crippen molar-refractivity contribution in [1.29, 1.82) is 0 Å². The zero-order valence-corrected chi connectivity index (χ0v) is 12.3. The van der Waals surface area contributed by atoms with E-state index in [0.717, 1.165) is 6.54 Å². The number of rotatable bonds is 5. The maximum Gasteiger partial charge on any atom is 0.144 e. The molecule has 2 rings (SSSR count). The zero-order valence-electron chi connectivity index (χ0n) is 10.7. The second-order valence-electron chi connectivity index (χ2n) is 5.58. The number of hydrogen-bond acceptors (Lipinski definition) is 1. The van der Waals surface area contributed by atoms with Crippen LogP contribution in [0.5, 0.6) is 0 Å². The maximum atomic E-state index is 14.0. The van der Waals surface area contributed by atoms with Crippen molar-refractivity contribution in [1.82, 2.24) is 5.32 Å². The number of benzene rings is 1. The molecule has 1 N–H and O–H groups in total. The van der Waals surface area contributed by atoms with E-state index in [1.165, 1.54) is 25.0 Å². The average Bonchev–Trinajstić information content (AvgIpc) is 3.07. The molecular weight excluding hydrogens is 300 g/mol. The minimum atomic E-state index is -0.514. The minimum absolute atomic E-state index is 0.175. The van der Waals surface area contributed by atoms with Crippen molar-refractivity contribution in [3.63, 3.8) is 0 Å². The number of halogens is 3. The predicted molar refractivity (Wildman–Crippen MR) is 72.7 cm³/mol. The molecule has 0 amide bonds. The first-order valence-corrected chi connectivity index (χ1v) is 7.08. The Morgan fingerprint density at radius 3 is 2.61 bits per heavy atom. The van der Waals surface area contributed by atoms with Gasteiger partial charge >= 0.3 is 0 Å². The van der Waals surface area contributed by atoms with Crippen LogP contribution in [-0.2, 0) is 5.41 Å². The molecule has 0 spiro atoms. The highest BCUT2D eigenvalue weighted by Gasteiger charge is 2.29. The molecular formula is C14H18BrF2N. The van der Waals surface area contributed by atoms with Gasteiger partial charge in [-0.05, 0) is 59.3 Å². The van der Waals surface area contributed by atoms with Crippen LogP contribution in [-0.4, -0.2) is 12.6 Å². The van der Waals surface area contributed by atoms with Crippen molar-refractivity contribution < 1.29 is 8.78 Å². The summed E-state index contributed by atoms with van der Waals surface area (Å²) in [7, 11) is 0. The smallest absolute Gasteiger partial charge is 0.144 e. The highest BCUT2D eigenvalue weighted by molar-refractivity contribution is 9.10. The van der Waals surface area contributed by atoms with Crippen molar-refractivity contribution >= 4 is 15.9 Å². The van der Waals surface area contributed by atoms with Gasteiger partial charge in [-0.1, -0.05) is 13.8 Å². The molecule has 1 aromatic carbocycles. The first-order chi connectivity index (χ1) is 8.42. The van der Waals surface area contributed by atoms with Gasteiger partial charge < -0.3 is 5.32 Å². The Morgan fingerprint density at radius 1 is 1.33 bits per heavy atom. The van der Waals surface area contributed by atoms with E-state index in [4.69, 9.17) is 0 Å². The summed E-state index contributed by atoms with van der Waals surface area (Å²) in [5.74, 6) is -0.946. The van der Waals surface area contributed by atoms with Crippen molar-refractivity contribution in [2.24, 2.45) is 0 Å². The van der Waals surface area contributed by atoms with Crippen molar-refractivity contribution in [3.8, 4) is 0 Å². The number of nitrogens with one attached hydrogen (secondary N) is 1. The number of hydrogen-bond donors (Lipinski definition) is 1. The second kappa shape index (κ2) is 5.25. The van der Waals surface area contributed by atoms with E-state index in [9.17, 15) is 8.78 Å². The Kier molecular flexibility index (Phi) is 4.07. The van der Waals surface area contributed by atoms with Gasteiger partial charge in [0.25, 0.3) is 0 Å². The van der Waals surface area contributed by atoms with Crippen LogP contribution in [0.2, 0.25) is 0 Å². The van der Waals surface area contributed by atoms with Gasteiger partial charge in [-0.15, -0.1) is 0 Å². The molecule has 0 unspecified atom stereocenters. The molecule has 1 nitrogen and oxygen atoms in total. The Morgan fingerprint density at radius 2 is 2.00 bits per heavy atom. The normalized spacial score (nSPS) is 16.1. The Labute approximate surface area is 115 Å². The quantitative estimate of drug-likeness (QED) is 0.804. The molecule has 0 aromatic heterocycles. The summed E-state index contributed by atoms with van der Waals surface area (Å²) in [4.78, 5) is 0. The van der Waals surface area contributed by atoms with Gasteiger partial charge in [0.05, 0.1) is 4.47 Å². The van der Waals surface area contributed by atoms with E-state index in [-0.39, 0.29) is 5.56 Å². The molecule has 1 saturated carbocycles. The van der Waals surface area contributed by atoms with Crippen LogP contribution in [0.25, 0.3) is 0 Å². The molecule has 0 bridgehead atoms. The first kappa shape index (κ1) is 13.9. The Hall–Kier alpha value is -0.480. The molecule has 0 radical (unpaired) electrons. The molecule has 1 fully saturated rings. The molecule has 100 valence electrons. The third-order valence-corrected chi connectivity index (χ3v) is 4.09. The van der Waals surface area contributed by atoms with E-state index < -0.39 is 17.0 Å². The summed E-state index contributed by atoms with van der Waals surface area (Å²) in [6.45, 7) is 4.56. The standard InChI is InChI=1S/C14H18BrF2N/c1-14(2,7-8-18-9-3-4-9)12-11(16)6-5-10(15)13(12)17/h5-6,9,18H,3-4,7-8H2,1-2H3. The Bertz CT molecular complexity index is 442. The van der Waals surface area contributed by atoms with Crippen LogP contribution >= 0.6 is 15.9 Å². The molecule has 0 saturated heterocycles. The molecule has 0 heterocycles. The molecule has 0 aliphatic heterocycles. The van der Waals surface area contributed by atoms with Crippen molar-refractivity contribution in [2.75, 3.05) is 6.54 Å². The van der Waals surface area contributed by atoms with E-state index in [2.05, 4.69) is 21.2 Å². The van der Waals surface area contributed by atoms with E-state index >= 15 is 0 Å². The summed E-state index contributed by atoms with van der Waals surface area (Å²) >= 11 is 3.12. The van der Waals surface area contributed by atoms with Gasteiger partial charge in [0.2, 0.25) is 0 Å². The van der Waals surface area contributed by atoms with Crippen LogP contribution in [0.1, 0.15) is 38.7 Å². The predicted octanol–water partition coefficient (Wildman–Crippen LogP) is 4.15. The van der Waals surface area contributed by atoms with Crippen LogP contribution in [0.15, 0.2) is 16.6 Å². The summed E-state index contributed by atoms with van der Waals surface area (Å²) in [6, 6.07) is 3.35. The summed E-state index contributed by atoms with van der Waals surface area (Å²) in [5, 5.41) is 3.38. The molecule has 1 aliphatic rings. The summed E-state index contributed by atoms with van der Waals surface area (Å²) in [5.41, 5.74) is -0.339. The van der Waals surface area contributed by atoms with E-state index in [0.29, 0.717) is 16.9 Å². The highest BCUT2D eigenvalue weighted by atomic mass is 79.9. The fourth-order valence-electron chi connectivity index (χ4n) is 2.15. The third kappa shape index (κ3) is 3.09. The molecule has 18 heavy (non-hydrogen) atoms. The molecule has 0 atom stereocenters. The maximum absolute atomic E-state index is 14.0. The fraction of sp³-hybridized carbons (Fsp3) is 0.571. The first-order valence-electron chi connectivity index (χ1n) is 6.29.